The van der Waals surface area contributed by atoms with Gasteiger partial charge in [0.1, 0.15) is 5.82 Å². The number of tetrazole rings is 1. The summed E-state index contributed by atoms with van der Waals surface area (Å²) in [4.78, 5) is 18.0. The zero-order valence-electron chi connectivity index (χ0n) is 19.9. The van der Waals surface area contributed by atoms with Gasteiger partial charge in [-0.15, -0.1) is 10.2 Å². The van der Waals surface area contributed by atoms with Gasteiger partial charge in [0.25, 0.3) is 0 Å². The predicted octanol–water partition coefficient (Wildman–Crippen LogP) is 4.09. The van der Waals surface area contributed by atoms with Crippen molar-refractivity contribution in [2.75, 3.05) is 0 Å². The van der Waals surface area contributed by atoms with Crippen molar-refractivity contribution in [1.29, 1.82) is 0 Å². The highest BCUT2D eigenvalue weighted by atomic mass is 16.1. The molecule has 5 rings (SSSR count). The second-order valence-electron chi connectivity index (χ2n) is 8.51. The summed E-state index contributed by atoms with van der Waals surface area (Å²) in [6.07, 6.45) is 10.4. The van der Waals surface area contributed by atoms with Gasteiger partial charge in [0.15, 0.2) is 0 Å². The third kappa shape index (κ3) is 4.44. The first-order valence-electron chi connectivity index (χ1n) is 11.9. The Hall–Kier alpha value is -4.27. The summed E-state index contributed by atoms with van der Waals surface area (Å²) in [5.41, 5.74) is 4.93. The molecule has 0 aliphatic heterocycles. The van der Waals surface area contributed by atoms with Crippen molar-refractivity contribution in [1.82, 2.24) is 39.3 Å². The maximum absolute atomic E-state index is 13.6. The molecular formula is C26H28N8O. The minimum Gasteiger partial charge on any atom is -0.334 e. The summed E-state index contributed by atoms with van der Waals surface area (Å²) in [6, 6.07) is 14.0. The van der Waals surface area contributed by atoms with Crippen LogP contribution in [0.25, 0.3) is 28.3 Å². The normalized spacial score (nSPS) is 11.3. The van der Waals surface area contributed by atoms with E-state index >= 15 is 0 Å². The molecule has 0 unspecified atom stereocenters. The molecule has 9 nitrogen and oxygen atoms in total. The van der Waals surface area contributed by atoms with E-state index in [0.717, 1.165) is 59.6 Å². The molecule has 0 aliphatic rings. The first-order chi connectivity index (χ1) is 17.2. The number of aryl methyl sites for hydroxylation is 2. The third-order valence-electron chi connectivity index (χ3n) is 6.12. The van der Waals surface area contributed by atoms with Crippen LogP contribution in [0, 0.1) is 0 Å². The van der Waals surface area contributed by atoms with Gasteiger partial charge in [-0.05, 0) is 52.9 Å². The number of nitrogens with zero attached hydrogens (tertiary/aromatic N) is 7. The fourth-order valence-electron chi connectivity index (χ4n) is 4.46. The van der Waals surface area contributed by atoms with Crippen LogP contribution in [-0.2, 0) is 19.5 Å². The van der Waals surface area contributed by atoms with E-state index in [1.807, 2.05) is 65.6 Å². The van der Waals surface area contributed by atoms with Gasteiger partial charge in [0, 0.05) is 42.6 Å². The number of nitrogens with one attached hydrogen (secondary N) is 1. The summed E-state index contributed by atoms with van der Waals surface area (Å²) in [7, 11) is 0. The molecule has 0 aliphatic carbocycles. The Morgan fingerprint density at radius 3 is 2.57 bits per heavy atom. The molecule has 5 aromatic rings. The van der Waals surface area contributed by atoms with Crippen molar-refractivity contribution in [3.63, 3.8) is 0 Å². The number of aromatic amines is 1. The van der Waals surface area contributed by atoms with Crippen molar-refractivity contribution in [3.05, 3.63) is 89.0 Å². The number of rotatable bonds is 9. The zero-order valence-corrected chi connectivity index (χ0v) is 19.9. The molecule has 0 saturated carbocycles. The highest BCUT2D eigenvalue weighted by molar-refractivity contribution is 5.69. The smallest absolute Gasteiger partial charge is 0.334 e. The van der Waals surface area contributed by atoms with E-state index in [1.54, 1.807) is 10.8 Å². The Morgan fingerprint density at radius 2 is 1.83 bits per heavy atom. The van der Waals surface area contributed by atoms with E-state index in [0.29, 0.717) is 12.4 Å². The van der Waals surface area contributed by atoms with Gasteiger partial charge >= 0.3 is 5.69 Å². The first-order valence-corrected chi connectivity index (χ1v) is 11.9. The largest absolute Gasteiger partial charge is 0.334 e. The van der Waals surface area contributed by atoms with Crippen LogP contribution in [0.3, 0.4) is 0 Å². The molecule has 4 aromatic heterocycles. The van der Waals surface area contributed by atoms with Crippen molar-refractivity contribution in [3.8, 4) is 28.3 Å². The van der Waals surface area contributed by atoms with Crippen LogP contribution in [0.2, 0.25) is 0 Å². The minimum absolute atomic E-state index is 0.0354. The Morgan fingerprint density at radius 1 is 1.00 bits per heavy atom. The molecule has 178 valence electrons. The van der Waals surface area contributed by atoms with Crippen LogP contribution in [-0.4, -0.2) is 39.3 Å². The summed E-state index contributed by atoms with van der Waals surface area (Å²) in [5.74, 6) is 1.45. The number of H-pyrrole nitrogens is 1. The highest BCUT2D eigenvalue weighted by Crippen LogP contribution is 2.26. The second kappa shape index (κ2) is 9.92. The average Bonchev–Trinajstić information content (AvgIpc) is 3.63. The molecule has 0 fully saturated rings. The third-order valence-corrected chi connectivity index (χ3v) is 6.12. The van der Waals surface area contributed by atoms with E-state index in [-0.39, 0.29) is 5.69 Å². The molecule has 9 heteroatoms. The topological polar surface area (TPSA) is 99.2 Å². The molecule has 0 spiro atoms. The Kier molecular flexibility index (Phi) is 6.38. The van der Waals surface area contributed by atoms with Crippen molar-refractivity contribution < 1.29 is 0 Å². The monoisotopic (exact) mass is 468 g/mol. The molecule has 0 radical (unpaired) electrons. The SMILES string of the molecule is CCCc1cn(-c2cccn2CCC)c(=O)n1Cc1cnccc1-c1ccc(-c2nn[nH]n2)cc1. The van der Waals surface area contributed by atoms with E-state index in [9.17, 15) is 4.79 Å². The van der Waals surface area contributed by atoms with Gasteiger partial charge < -0.3 is 4.57 Å². The molecular weight excluding hydrogens is 440 g/mol. The average molecular weight is 469 g/mol. The Bertz CT molecular complexity index is 1460. The molecule has 0 atom stereocenters. The molecule has 0 saturated heterocycles. The van der Waals surface area contributed by atoms with Crippen LogP contribution in [0.15, 0.2) is 72.0 Å². The lowest BCUT2D eigenvalue weighted by atomic mass is 10.00. The van der Waals surface area contributed by atoms with Gasteiger partial charge in [-0.25, -0.2) is 4.79 Å². The first kappa shape index (κ1) is 22.5. The fraction of sp³-hybridized carbons (Fsp3) is 0.269. The standard InChI is InChI=1S/C26H28N8O/c1-3-6-22-18-34(24-7-5-15-32(24)14-4-2)26(35)33(22)17-21-16-27-13-12-23(21)19-8-10-20(11-9-19)25-28-30-31-29-25/h5,7-13,15-16,18H,3-4,6,14,17H2,1-2H3,(H,28,29,30,31). The maximum atomic E-state index is 13.6. The van der Waals surface area contributed by atoms with Crippen LogP contribution < -0.4 is 5.69 Å². The Labute approximate surface area is 203 Å². The molecule has 4 heterocycles. The summed E-state index contributed by atoms with van der Waals surface area (Å²) in [5, 5.41) is 14.2. The molecule has 0 bridgehead atoms. The summed E-state index contributed by atoms with van der Waals surface area (Å²) >= 11 is 0. The van der Waals surface area contributed by atoms with Crippen molar-refractivity contribution >= 4 is 0 Å². The lowest BCUT2D eigenvalue weighted by molar-refractivity contribution is 0.647. The minimum atomic E-state index is -0.0354. The number of hydrogen-bond donors (Lipinski definition) is 1. The summed E-state index contributed by atoms with van der Waals surface area (Å²) < 4.78 is 5.78. The summed E-state index contributed by atoms with van der Waals surface area (Å²) in [6.45, 7) is 5.59. The Balaban J connectivity index is 1.52. The number of hydrogen-bond acceptors (Lipinski definition) is 5. The number of aromatic nitrogens is 8. The van der Waals surface area contributed by atoms with E-state index in [4.69, 9.17) is 0 Å². The molecule has 35 heavy (non-hydrogen) atoms. The van der Waals surface area contributed by atoms with Gasteiger partial charge in [0.05, 0.1) is 6.54 Å². The van der Waals surface area contributed by atoms with E-state index < -0.39 is 0 Å². The highest BCUT2D eigenvalue weighted by Gasteiger charge is 2.16. The van der Waals surface area contributed by atoms with Crippen molar-refractivity contribution in [2.45, 2.75) is 46.2 Å². The van der Waals surface area contributed by atoms with Crippen LogP contribution in [0.4, 0.5) is 0 Å². The number of pyridine rings is 1. The lowest BCUT2D eigenvalue weighted by Gasteiger charge is -2.12. The van der Waals surface area contributed by atoms with Crippen LogP contribution in [0.5, 0.6) is 0 Å². The number of imidazole rings is 1. The maximum Gasteiger partial charge on any atom is 0.334 e. The second-order valence-corrected chi connectivity index (χ2v) is 8.51. The lowest BCUT2D eigenvalue weighted by Crippen LogP contribution is -2.26. The fourth-order valence-corrected chi connectivity index (χ4v) is 4.46. The van der Waals surface area contributed by atoms with E-state index in [2.05, 4.69) is 44.0 Å². The molecule has 1 aromatic carbocycles. The number of benzene rings is 1. The van der Waals surface area contributed by atoms with Gasteiger partial charge in [0.2, 0.25) is 5.82 Å². The molecule has 0 amide bonds. The van der Waals surface area contributed by atoms with Gasteiger partial charge in [-0.1, -0.05) is 44.5 Å². The van der Waals surface area contributed by atoms with Gasteiger partial charge in [-0.3, -0.25) is 14.1 Å². The van der Waals surface area contributed by atoms with Crippen LogP contribution in [0.1, 0.15) is 37.9 Å². The van der Waals surface area contributed by atoms with Crippen molar-refractivity contribution in [2.24, 2.45) is 0 Å². The van der Waals surface area contributed by atoms with Crippen LogP contribution >= 0.6 is 0 Å². The quantitative estimate of drug-likeness (QED) is 0.351. The van der Waals surface area contributed by atoms with E-state index in [1.165, 1.54) is 0 Å². The van der Waals surface area contributed by atoms with Gasteiger partial charge in [-0.2, -0.15) is 5.21 Å². The predicted molar refractivity (Wildman–Crippen MR) is 134 cm³/mol. The molecule has 1 N–H and O–H groups in total. The zero-order chi connectivity index (χ0) is 24.2.